The van der Waals surface area contributed by atoms with Crippen molar-refractivity contribution in [3.05, 3.63) is 78.9 Å². The van der Waals surface area contributed by atoms with Crippen LogP contribution in [0.3, 0.4) is 0 Å². The van der Waals surface area contributed by atoms with Gasteiger partial charge in [-0.25, -0.2) is 4.79 Å². The Labute approximate surface area is 140 Å². The maximum Gasteiger partial charge on any atom is 0.338 e. The first kappa shape index (κ1) is 16.2. The molecule has 22 heavy (non-hydrogen) atoms. The van der Waals surface area contributed by atoms with Crippen LogP contribution < -0.4 is 0 Å². The van der Waals surface area contributed by atoms with E-state index < -0.39 is 10.9 Å². The summed E-state index contributed by atoms with van der Waals surface area (Å²) in [5, 5.41) is 11.5. The number of hydrogen-bond acceptors (Lipinski definition) is 4. The van der Waals surface area contributed by atoms with Gasteiger partial charge in [-0.05, 0) is 46.4 Å². The molecule has 0 spiro atoms. The van der Waals surface area contributed by atoms with Crippen LogP contribution in [0.2, 0.25) is 0 Å². The number of halogens is 1. The quantitative estimate of drug-likeness (QED) is 0.253. The highest BCUT2D eigenvalue weighted by atomic mass is 127. The summed E-state index contributed by atoms with van der Waals surface area (Å²) >= 11 is 2.11. The van der Waals surface area contributed by atoms with Crippen LogP contribution in [-0.4, -0.2) is 18.0 Å². The van der Waals surface area contributed by atoms with E-state index in [-0.39, 0.29) is 16.8 Å². The fourth-order valence-corrected chi connectivity index (χ4v) is 2.51. The van der Waals surface area contributed by atoms with E-state index >= 15 is 0 Å². The van der Waals surface area contributed by atoms with E-state index in [1.165, 1.54) is 25.3 Å². The minimum absolute atomic E-state index is 0.148. The minimum atomic E-state index is -0.605. The van der Waals surface area contributed by atoms with Gasteiger partial charge < -0.3 is 4.74 Å². The number of benzene rings is 2. The number of methoxy groups -OCH3 is 1. The standard InChI is InChI=1S/C16H12INO4/c1-22-16(19)13-8-4-3-7-12(13)15(18(20)21)10-11-6-2-5-9-14(11)17/h2-10H,1H3/b15-10-. The number of carbonyl (C=O) groups excluding carboxylic acids is 1. The molecule has 0 radical (unpaired) electrons. The van der Waals surface area contributed by atoms with E-state index in [0.29, 0.717) is 0 Å². The van der Waals surface area contributed by atoms with Crippen molar-refractivity contribution >= 4 is 40.3 Å². The lowest BCUT2D eigenvalue weighted by Crippen LogP contribution is -2.08. The van der Waals surface area contributed by atoms with Crippen molar-refractivity contribution in [1.82, 2.24) is 0 Å². The fourth-order valence-electron chi connectivity index (χ4n) is 1.96. The molecular formula is C16H12INO4. The van der Waals surface area contributed by atoms with Gasteiger partial charge in [0.15, 0.2) is 0 Å². The Morgan fingerprint density at radius 1 is 1.14 bits per heavy atom. The van der Waals surface area contributed by atoms with E-state index in [2.05, 4.69) is 22.6 Å². The molecule has 0 atom stereocenters. The molecule has 0 aliphatic rings. The van der Waals surface area contributed by atoms with Gasteiger partial charge in [0, 0.05) is 9.65 Å². The molecular weight excluding hydrogens is 397 g/mol. The van der Waals surface area contributed by atoms with Crippen LogP contribution in [0.25, 0.3) is 11.8 Å². The van der Waals surface area contributed by atoms with Gasteiger partial charge in [-0.2, -0.15) is 0 Å². The molecule has 0 aliphatic heterocycles. The molecule has 0 fully saturated rings. The van der Waals surface area contributed by atoms with Crippen molar-refractivity contribution in [3.63, 3.8) is 0 Å². The first-order chi connectivity index (χ1) is 10.5. The highest BCUT2D eigenvalue weighted by Crippen LogP contribution is 2.25. The SMILES string of the molecule is COC(=O)c1ccccc1/C(=C/c1ccccc1I)[N+](=O)[O-]. The first-order valence-electron chi connectivity index (χ1n) is 6.33. The van der Waals surface area contributed by atoms with E-state index in [1.807, 2.05) is 12.1 Å². The van der Waals surface area contributed by atoms with Gasteiger partial charge in [-0.3, -0.25) is 10.1 Å². The predicted molar refractivity (Wildman–Crippen MR) is 91.8 cm³/mol. The van der Waals surface area contributed by atoms with Gasteiger partial charge in [-0.15, -0.1) is 0 Å². The highest BCUT2D eigenvalue weighted by molar-refractivity contribution is 14.1. The van der Waals surface area contributed by atoms with Crippen molar-refractivity contribution in [2.45, 2.75) is 0 Å². The molecule has 0 amide bonds. The second kappa shape index (κ2) is 7.17. The monoisotopic (exact) mass is 409 g/mol. The summed E-state index contributed by atoms with van der Waals surface area (Å²) in [4.78, 5) is 22.8. The van der Waals surface area contributed by atoms with Crippen LogP contribution in [0.1, 0.15) is 21.5 Å². The molecule has 0 unspecified atom stereocenters. The summed E-state index contributed by atoms with van der Waals surface area (Å²) in [5.74, 6) is -0.605. The third kappa shape index (κ3) is 3.51. The van der Waals surface area contributed by atoms with Gasteiger partial charge in [-0.1, -0.05) is 30.3 Å². The molecule has 2 aromatic carbocycles. The lowest BCUT2D eigenvalue weighted by atomic mass is 10.0. The number of carbonyl (C=O) groups is 1. The summed E-state index contributed by atoms with van der Waals surface area (Å²) < 4.78 is 5.57. The fraction of sp³-hybridized carbons (Fsp3) is 0.0625. The van der Waals surface area contributed by atoms with Crippen LogP contribution in [0.4, 0.5) is 0 Å². The Morgan fingerprint density at radius 3 is 2.32 bits per heavy atom. The zero-order valence-electron chi connectivity index (χ0n) is 11.7. The van der Waals surface area contributed by atoms with Crippen molar-refractivity contribution < 1.29 is 14.5 Å². The number of rotatable bonds is 4. The highest BCUT2D eigenvalue weighted by Gasteiger charge is 2.22. The second-order valence-electron chi connectivity index (χ2n) is 4.35. The number of ether oxygens (including phenoxy) is 1. The van der Waals surface area contributed by atoms with Crippen LogP contribution in [-0.2, 0) is 4.74 Å². The first-order valence-corrected chi connectivity index (χ1v) is 7.41. The summed E-state index contributed by atoms with van der Waals surface area (Å²) in [5.41, 5.74) is 0.970. The number of esters is 1. The zero-order valence-corrected chi connectivity index (χ0v) is 13.8. The molecule has 0 saturated heterocycles. The topological polar surface area (TPSA) is 69.4 Å². The van der Waals surface area contributed by atoms with Gasteiger partial charge in [0.1, 0.15) is 0 Å². The second-order valence-corrected chi connectivity index (χ2v) is 5.51. The van der Waals surface area contributed by atoms with Crippen LogP contribution >= 0.6 is 22.6 Å². The van der Waals surface area contributed by atoms with Crippen molar-refractivity contribution in [1.29, 1.82) is 0 Å². The summed E-state index contributed by atoms with van der Waals surface area (Å²) in [6.45, 7) is 0. The maximum absolute atomic E-state index is 11.8. The number of hydrogen-bond donors (Lipinski definition) is 0. The lowest BCUT2D eigenvalue weighted by molar-refractivity contribution is -0.374. The molecule has 5 nitrogen and oxygen atoms in total. The average molecular weight is 409 g/mol. The molecule has 0 heterocycles. The van der Waals surface area contributed by atoms with Gasteiger partial charge >= 0.3 is 5.97 Å². The summed E-state index contributed by atoms with van der Waals surface area (Å²) in [6, 6.07) is 13.6. The van der Waals surface area contributed by atoms with Crippen LogP contribution in [0, 0.1) is 13.7 Å². The van der Waals surface area contributed by atoms with Crippen molar-refractivity contribution in [2.24, 2.45) is 0 Å². The third-order valence-corrected chi connectivity index (χ3v) is 3.98. The molecule has 0 aliphatic carbocycles. The van der Waals surface area contributed by atoms with Crippen LogP contribution in [0.15, 0.2) is 48.5 Å². The Morgan fingerprint density at radius 2 is 1.73 bits per heavy atom. The molecule has 0 bridgehead atoms. The Kier molecular flexibility index (Phi) is 5.26. The van der Waals surface area contributed by atoms with Crippen molar-refractivity contribution in [3.8, 4) is 0 Å². The van der Waals surface area contributed by atoms with E-state index in [1.54, 1.807) is 24.3 Å². The summed E-state index contributed by atoms with van der Waals surface area (Å²) in [7, 11) is 1.24. The Balaban J connectivity index is 2.62. The normalized spacial score (nSPS) is 11.1. The van der Waals surface area contributed by atoms with Gasteiger partial charge in [0.2, 0.25) is 0 Å². The molecule has 6 heteroatoms. The third-order valence-electron chi connectivity index (χ3n) is 3.00. The van der Waals surface area contributed by atoms with E-state index in [4.69, 9.17) is 4.74 Å². The maximum atomic E-state index is 11.8. The predicted octanol–water partition coefficient (Wildman–Crippen LogP) is 3.85. The minimum Gasteiger partial charge on any atom is -0.465 e. The summed E-state index contributed by atoms with van der Waals surface area (Å²) in [6.07, 6.45) is 1.46. The molecule has 0 N–H and O–H groups in total. The lowest BCUT2D eigenvalue weighted by Gasteiger charge is -2.06. The van der Waals surface area contributed by atoms with E-state index in [0.717, 1.165) is 9.13 Å². The van der Waals surface area contributed by atoms with Gasteiger partial charge in [0.05, 0.1) is 23.2 Å². The van der Waals surface area contributed by atoms with E-state index in [9.17, 15) is 14.9 Å². The number of nitro groups is 1. The molecule has 0 aromatic heterocycles. The molecule has 112 valence electrons. The molecule has 2 rings (SSSR count). The smallest absolute Gasteiger partial charge is 0.338 e. The Bertz CT molecular complexity index is 755. The average Bonchev–Trinajstić information content (AvgIpc) is 2.53. The zero-order chi connectivity index (χ0) is 16.1. The Hall–Kier alpha value is -2.22. The van der Waals surface area contributed by atoms with Crippen LogP contribution in [0.5, 0.6) is 0 Å². The molecule has 2 aromatic rings. The number of nitrogens with zero attached hydrogens (tertiary/aromatic N) is 1. The molecule has 0 saturated carbocycles. The van der Waals surface area contributed by atoms with Gasteiger partial charge in [0.25, 0.3) is 5.70 Å². The largest absolute Gasteiger partial charge is 0.465 e. The van der Waals surface area contributed by atoms with Crippen molar-refractivity contribution in [2.75, 3.05) is 7.11 Å².